The summed E-state index contributed by atoms with van der Waals surface area (Å²) in [6.45, 7) is 16.9. The van der Waals surface area contributed by atoms with Crippen molar-refractivity contribution in [3.8, 4) is 0 Å². The van der Waals surface area contributed by atoms with Gasteiger partial charge in [0.05, 0.1) is 13.2 Å². The van der Waals surface area contributed by atoms with Gasteiger partial charge in [0, 0.05) is 18.6 Å². The van der Waals surface area contributed by atoms with E-state index in [2.05, 4.69) is 44.8 Å². The van der Waals surface area contributed by atoms with Gasteiger partial charge in [-0.05, 0) is 51.1 Å². The van der Waals surface area contributed by atoms with Crippen molar-refractivity contribution in [3.05, 3.63) is 0 Å². The van der Waals surface area contributed by atoms with Crippen molar-refractivity contribution in [2.45, 2.75) is 66.0 Å². The van der Waals surface area contributed by atoms with Gasteiger partial charge < -0.3 is 15.0 Å². The average molecular weight is 284 g/mol. The minimum Gasteiger partial charge on any atom is -0.379 e. The molecule has 3 heteroatoms. The third kappa shape index (κ3) is 7.61. The molecule has 0 spiro atoms. The van der Waals surface area contributed by atoms with Crippen LogP contribution in [0.4, 0.5) is 0 Å². The van der Waals surface area contributed by atoms with E-state index in [9.17, 15) is 0 Å². The zero-order chi connectivity index (χ0) is 15.0. The highest BCUT2D eigenvalue weighted by molar-refractivity contribution is 4.78. The molecule has 3 nitrogen and oxygen atoms in total. The molecule has 0 aliphatic carbocycles. The van der Waals surface area contributed by atoms with Gasteiger partial charge in [-0.2, -0.15) is 0 Å². The standard InChI is InChI=1S/C17H36N2O/c1-14(2)6-9-19(10-7-15(3)4)16(5)12-17-13-20-11-8-18-17/h14-18H,6-13H2,1-5H3. The number of rotatable bonds is 9. The molecule has 0 saturated carbocycles. The van der Waals surface area contributed by atoms with Gasteiger partial charge in [0.15, 0.2) is 0 Å². The lowest BCUT2D eigenvalue weighted by Crippen LogP contribution is -2.46. The van der Waals surface area contributed by atoms with Crippen LogP contribution in [-0.4, -0.2) is 49.8 Å². The topological polar surface area (TPSA) is 24.5 Å². The van der Waals surface area contributed by atoms with Crippen molar-refractivity contribution in [1.82, 2.24) is 10.2 Å². The van der Waals surface area contributed by atoms with E-state index >= 15 is 0 Å². The summed E-state index contributed by atoms with van der Waals surface area (Å²) < 4.78 is 5.58. The van der Waals surface area contributed by atoms with Gasteiger partial charge in [-0.25, -0.2) is 0 Å². The van der Waals surface area contributed by atoms with Crippen LogP contribution < -0.4 is 5.32 Å². The highest BCUT2D eigenvalue weighted by Gasteiger charge is 2.21. The lowest BCUT2D eigenvalue weighted by molar-refractivity contribution is 0.0606. The van der Waals surface area contributed by atoms with Gasteiger partial charge in [0.2, 0.25) is 0 Å². The van der Waals surface area contributed by atoms with Crippen molar-refractivity contribution in [1.29, 1.82) is 0 Å². The van der Waals surface area contributed by atoms with E-state index in [0.29, 0.717) is 12.1 Å². The smallest absolute Gasteiger partial charge is 0.0620 e. The minimum absolute atomic E-state index is 0.541. The molecule has 2 atom stereocenters. The minimum atomic E-state index is 0.541. The number of hydrogen-bond donors (Lipinski definition) is 1. The van der Waals surface area contributed by atoms with Gasteiger partial charge in [0.1, 0.15) is 0 Å². The average Bonchev–Trinajstić information content (AvgIpc) is 2.39. The summed E-state index contributed by atoms with van der Waals surface area (Å²) in [5.74, 6) is 1.58. The van der Waals surface area contributed by atoms with Crippen LogP contribution in [0.15, 0.2) is 0 Å². The van der Waals surface area contributed by atoms with Gasteiger partial charge in [-0.1, -0.05) is 27.7 Å². The second kappa shape index (κ2) is 9.75. The maximum absolute atomic E-state index is 5.58. The van der Waals surface area contributed by atoms with Crippen molar-refractivity contribution in [3.63, 3.8) is 0 Å². The predicted molar refractivity (Wildman–Crippen MR) is 87.2 cm³/mol. The fourth-order valence-electron chi connectivity index (χ4n) is 2.73. The second-order valence-corrected chi connectivity index (χ2v) is 7.21. The third-order valence-electron chi connectivity index (χ3n) is 4.23. The lowest BCUT2D eigenvalue weighted by Gasteiger charge is -2.34. The third-order valence-corrected chi connectivity index (χ3v) is 4.23. The molecule has 120 valence electrons. The maximum atomic E-state index is 5.58. The Hall–Kier alpha value is -0.120. The monoisotopic (exact) mass is 284 g/mol. The lowest BCUT2D eigenvalue weighted by atomic mass is 10.0. The molecular weight excluding hydrogens is 248 g/mol. The summed E-state index contributed by atoms with van der Waals surface area (Å²) in [6.07, 6.45) is 3.81. The van der Waals surface area contributed by atoms with E-state index < -0.39 is 0 Å². The van der Waals surface area contributed by atoms with Gasteiger partial charge in [-0.15, -0.1) is 0 Å². The Kier molecular flexibility index (Phi) is 8.74. The maximum Gasteiger partial charge on any atom is 0.0620 e. The molecule has 1 aliphatic rings. The summed E-state index contributed by atoms with van der Waals surface area (Å²) in [6, 6.07) is 1.19. The quantitative estimate of drug-likeness (QED) is 0.704. The largest absolute Gasteiger partial charge is 0.379 e. The molecule has 0 amide bonds. The van der Waals surface area contributed by atoms with E-state index in [0.717, 1.165) is 31.6 Å². The Morgan fingerprint density at radius 2 is 1.65 bits per heavy atom. The Bertz CT molecular complexity index is 225. The molecule has 1 rings (SSSR count). The fourth-order valence-corrected chi connectivity index (χ4v) is 2.73. The van der Waals surface area contributed by atoms with Crippen LogP contribution >= 0.6 is 0 Å². The molecule has 1 heterocycles. The molecule has 0 radical (unpaired) electrons. The second-order valence-electron chi connectivity index (χ2n) is 7.21. The first-order valence-corrected chi connectivity index (χ1v) is 8.54. The summed E-state index contributed by atoms with van der Waals surface area (Å²) in [5, 5.41) is 3.58. The Morgan fingerprint density at radius 1 is 1.05 bits per heavy atom. The van der Waals surface area contributed by atoms with Crippen molar-refractivity contribution in [2.24, 2.45) is 11.8 Å². The molecule has 2 unspecified atom stereocenters. The van der Waals surface area contributed by atoms with Crippen LogP contribution in [0.5, 0.6) is 0 Å². The molecule has 0 aromatic rings. The van der Waals surface area contributed by atoms with Crippen LogP contribution in [0.3, 0.4) is 0 Å². The van der Waals surface area contributed by atoms with Crippen LogP contribution in [0.25, 0.3) is 0 Å². The van der Waals surface area contributed by atoms with Crippen molar-refractivity contribution in [2.75, 3.05) is 32.8 Å². The molecule has 0 aromatic carbocycles. The van der Waals surface area contributed by atoms with Gasteiger partial charge in [0.25, 0.3) is 0 Å². The summed E-state index contributed by atoms with van der Waals surface area (Å²) in [7, 11) is 0. The van der Waals surface area contributed by atoms with E-state index in [1.807, 2.05) is 0 Å². The van der Waals surface area contributed by atoms with E-state index in [1.54, 1.807) is 0 Å². The number of ether oxygens (including phenoxy) is 1. The molecule has 20 heavy (non-hydrogen) atoms. The molecule has 0 bridgehead atoms. The normalized spacial score (nSPS) is 21.9. The Morgan fingerprint density at radius 3 is 2.10 bits per heavy atom. The number of nitrogens with zero attached hydrogens (tertiary/aromatic N) is 1. The van der Waals surface area contributed by atoms with E-state index in [4.69, 9.17) is 4.74 Å². The first-order chi connectivity index (χ1) is 9.49. The molecule has 0 aromatic heterocycles. The van der Waals surface area contributed by atoms with Crippen LogP contribution in [0.1, 0.15) is 53.9 Å². The zero-order valence-electron chi connectivity index (χ0n) is 14.3. The molecule has 1 fully saturated rings. The fraction of sp³-hybridized carbons (Fsp3) is 1.00. The first-order valence-electron chi connectivity index (χ1n) is 8.54. The SMILES string of the molecule is CC(C)CCN(CCC(C)C)C(C)CC1COCCN1. The van der Waals surface area contributed by atoms with Crippen LogP contribution in [0, 0.1) is 11.8 Å². The highest BCUT2D eigenvalue weighted by Crippen LogP contribution is 2.14. The number of hydrogen-bond acceptors (Lipinski definition) is 3. The van der Waals surface area contributed by atoms with Crippen LogP contribution in [0.2, 0.25) is 0 Å². The summed E-state index contributed by atoms with van der Waals surface area (Å²) >= 11 is 0. The summed E-state index contributed by atoms with van der Waals surface area (Å²) in [5.41, 5.74) is 0. The predicted octanol–water partition coefficient (Wildman–Crippen LogP) is 3.15. The van der Waals surface area contributed by atoms with E-state index in [1.165, 1.54) is 32.4 Å². The Labute approximate surface area is 126 Å². The van der Waals surface area contributed by atoms with Crippen molar-refractivity contribution < 1.29 is 4.74 Å². The Balaban J connectivity index is 2.41. The molecule has 1 aliphatic heterocycles. The highest BCUT2D eigenvalue weighted by atomic mass is 16.5. The number of morpholine rings is 1. The van der Waals surface area contributed by atoms with Crippen LogP contribution in [-0.2, 0) is 4.74 Å². The van der Waals surface area contributed by atoms with Gasteiger partial charge in [-0.3, -0.25) is 0 Å². The summed E-state index contributed by atoms with van der Waals surface area (Å²) in [4.78, 5) is 2.69. The number of nitrogens with one attached hydrogen (secondary N) is 1. The molecular formula is C17H36N2O. The molecule has 1 saturated heterocycles. The zero-order valence-corrected chi connectivity index (χ0v) is 14.3. The van der Waals surface area contributed by atoms with Gasteiger partial charge >= 0.3 is 0 Å². The molecule has 1 N–H and O–H groups in total. The van der Waals surface area contributed by atoms with Crippen molar-refractivity contribution >= 4 is 0 Å². The van der Waals surface area contributed by atoms with E-state index in [-0.39, 0.29) is 0 Å². The first kappa shape index (κ1) is 17.9.